The van der Waals surface area contributed by atoms with E-state index in [1.165, 1.54) is 18.2 Å². The van der Waals surface area contributed by atoms with Crippen LogP contribution in [-0.2, 0) is 13.0 Å². The second-order valence-corrected chi connectivity index (χ2v) is 6.51. The van der Waals surface area contributed by atoms with Crippen LogP contribution in [0, 0.1) is 18.6 Å². The second kappa shape index (κ2) is 6.24. The van der Waals surface area contributed by atoms with Crippen LogP contribution >= 0.6 is 11.6 Å². The summed E-state index contributed by atoms with van der Waals surface area (Å²) in [6.07, 6.45) is 2.27. The lowest BCUT2D eigenvalue weighted by Gasteiger charge is -2.35. The van der Waals surface area contributed by atoms with Gasteiger partial charge in [0, 0.05) is 30.8 Å². The fourth-order valence-corrected chi connectivity index (χ4v) is 3.49. The third kappa shape index (κ3) is 2.73. The van der Waals surface area contributed by atoms with Crippen LogP contribution in [0.1, 0.15) is 34.4 Å². The molecule has 0 radical (unpaired) electrons. The molecule has 0 bridgehead atoms. The number of nitrogens with zero attached hydrogens (tertiary/aromatic N) is 3. The predicted octanol–water partition coefficient (Wildman–Crippen LogP) is 3.52. The quantitative estimate of drug-likeness (QED) is 0.748. The maximum atomic E-state index is 14.5. The van der Waals surface area contributed by atoms with Gasteiger partial charge in [-0.2, -0.15) is 5.10 Å². The van der Waals surface area contributed by atoms with E-state index < -0.39 is 17.7 Å². The number of aryl methyl sites for hydroxylation is 1. The highest BCUT2D eigenvalue weighted by molar-refractivity contribution is 6.31. The summed E-state index contributed by atoms with van der Waals surface area (Å²) >= 11 is 6.27. The fourth-order valence-electron chi connectivity index (χ4n) is 3.35. The number of hydrogen-bond donors (Lipinski definition) is 2. The Hall–Kier alpha value is -2.25. The van der Waals surface area contributed by atoms with Gasteiger partial charge in [0.05, 0.1) is 34.5 Å². The monoisotopic (exact) mass is 363 g/mol. The van der Waals surface area contributed by atoms with Crippen molar-refractivity contribution < 1.29 is 8.78 Å². The molecule has 1 aliphatic heterocycles. The molecule has 0 fully saturated rings. The lowest BCUT2D eigenvalue weighted by molar-refractivity contribution is 0.190. The maximum Gasteiger partial charge on any atom is 0.131 e. The van der Waals surface area contributed by atoms with Gasteiger partial charge in [-0.15, -0.1) is 0 Å². The first-order chi connectivity index (χ1) is 12.1. The average Bonchev–Trinajstić information content (AvgIpc) is 3.18. The molecule has 8 heteroatoms. The number of nitrogens with one attached hydrogen (secondary N) is 2. The molecule has 0 aliphatic carbocycles. The summed E-state index contributed by atoms with van der Waals surface area (Å²) in [6, 6.07) is 3.26. The highest BCUT2D eigenvalue weighted by Crippen LogP contribution is 2.37. The molecule has 3 aromatic rings. The summed E-state index contributed by atoms with van der Waals surface area (Å²) in [7, 11) is 0. The van der Waals surface area contributed by atoms with Crippen molar-refractivity contribution in [3.05, 3.63) is 69.5 Å². The first-order valence-corrected chi connectivity index (χ1v) is 8.33. The molecule has 25 heavy (non-hydrogen) atoms. The van der Waals surface area contributed by atoms with E-state index in [4.69, 9.17) is 11.6 Å². The number of benzene rings is 1. The largest absolute Gasteiger partial charge is 0.348 e. The SMILES string of the molecule is Cc1[nH]nc(CN2CCc3[nH]cnc3C2c2c(F)cccc2F)c1Cl. The summed E-state index contributed by atoms with van der Waals surface area (Å²) in [6.45, 7) is 2.80. The van der Waals surface area contributed by atoms with E-state index >= 15 is 0 Å². The molecule has 1 aliphatic rings. The van der Waals surface area contributed by atoms with Crippen molar-refractivity contribution >= 4 is 11.6 Å². The highest BCUT2D eigenvalue weighted by atomic mass is 35.5. The standard InChI is InChI=1S/C17H16ClF2N5/c1-9-15(18)13(24-23-9)7-25-6-5-12-16(22-8-21-12)17(25)14-10(19)3-2-4-11(14)20/h2-4,8,17H,5-7H2,1H3,(H,21,22)(H,23,24). The number of H-pyrrole nitrogens is 2. The Balaban J connectivity index is 1.79. The summed E-state index contributed by atoms with van der Waals surface area (Å²) < 4.78 is 29.0. The zero-order valence-corrected chi connectivity index (χ0v) is 14.2. The number of aromatic amines is 2. The molecule has 3 heterocycles. The third-order valence-electron chi connectivity index (χ3n) is 4.59. The van der Waals surface area contributed by atoms with Crippen molar-refractivity contribution in [3.8, 4) is 0 Å². The Kier molecular flexibility index (Phi) is 4.05. The van der Waals surface area contributed by atoms with Gasteiger partial charge >= 0.3 is 0 Å². The maximum absolute atomic E-state index is 14.5. The van der Waals surface area contributed by atoms with Gasteiger partial charge in [0.2, 0.25) is 0 Å². The molecule has 0 saturated carbocycles. The Morgan fingerprint density at radius 1 is 1.32 bits per heavy atom. The number of rotatable bonds is 3. The van der Waals surface area contributed by atoms with Gasteiger partial charge in [0.15, 0.2) is 0 Å². The Morgan fingerprint density at radius 2 is 2.08 bits per heavy atom. The van der Waals surface area contributed by atoms with E-state index in [2.05, 4.69) is 20.2 Å². The van der Waals surface area contributed by atoms with E-state index in [9.17, 15) is 8.78 Å². The van der Waals surface area contributed by atoms with Crippen molar-refractivity contribution in [2.75, 3.05) is 6.54 Å². The molecule has 1 unspecified atom stereocenters. The van der Waals surface area contributed by atoms with Gasteiger partial charge in [-0.25, -0.2) is 13.8 Å². The first-order valence-electron chi connectivity index (χ1n) is 7.95. The lowest BCUT2D eigenvalue weighted by atomic mass is 9.94. The topological polar surface area (TPSA) is 60.6 Å². The Morgan fingerprint density at radius 3 is 2.76 bits per heavy atom. The van der Waals surface area contributed by atoms with Crippen LogP contribution in [0.15, 0.2) is 24.5 Å². The Labute approximate surface area is 148 Å². The van der Waals surface area contributed by atoms with E-state index in [1.54, 1.807) is 6.33 Å². The number of aromatic nitrogens is 4. The van der Waals surface area contributed by atoms with Crippen LogP contribution in [0.25, 0.3) is 0 Å². The van der Waals surface area contributed by atoms with E-state index in [1.807, 2.05) is 11.8 Å². The first kappa shape index (κ1) is 16.2. The van der Waals surface area contributed by atoms with Gasteiger partial charge in [-0.05, 0) is 19.1 Å². The molecule has 0 spiro atoms. The van der Waals surface area contributed by atoms with E-state index in [-0.39, 0.29) is 5.56 Å². The fraction of sp³-hybridized carbons (Fsp3) is 0.294. The van der Waals surface area contributed by atoms with Crippen molar-refractivity contribution in [1.82, 2.24) is 25.1 Å². The number of fused-ring (bicyclic) bond motifs is 1. The van der Waals surface area contributed by atoms with Gasteiger partial charge in [0.25, 0.3) is 0 Å². The Bertz CT molecular complexity index is 899. The molecular weight excluding hydrogens is 348 g/mol. The molecule has 1 aromatic carbocycles. The number of imidazole rings is 1. The zero-order valence-electron chi connectivity index (χ0n) is 13.5. The van der Waals surface area contributed by atoms with Crippen molar-refractivity contribution in [1.29, 1.82) is 0 Å². The molecule has 2 N–H and O–H groups in total. The molecule has 2 aromatic heterocycles. The number of halogens is 3. The number of hydrogen-bond acceptors (Lipinski definition) is 3. The van der Waals surface area contributed by atoms with Gasteiger partial charge in [0.1, 0.15) is 11.6 Å². The van der Waals surface area contributed by atoms with Crippen molar-refractivity contribution in [2.45, 2.75) is 25.9 Å². The van der Waals surface area contributed by atoms with E-state index in [0.717, 1.165) is 11.4 Å². The minimum absolute atomic E-state index is 0.000991. The summed E-state index contributed by atoms with van der Waals surface area (Å²) in [5, 5.41) is 7.59. The van der Waals surface area contributed by atoms with Crippen molar-refractivity contribution in [3.63, 3.8) is 0 Å². The molecule has 5 nitrogen and oxygen atoms in total. The van der Waals surface area contributed by atoms with Gasteiger partial charge in [-0.1, -0.05) is 17.7 Å². The van der Waals surface area contributed by atoms with Crippen LogP contribution in [0.2, 0.25) is 5.02 Å². The van der Waals surface area contributed by atoms with Crippen LogP contribution in [0.3, 0.4) is 0 Å². The third-order valence-corrected chi connectivity index (χ3v) is 5.09. The zero-order chi connectivity index (χ0) is 17.6. The normalized spacial score (nSPS) is 17.7. The smallest absolute Gasteiger partial charge is 0.131 e. The molecule has 4 rings (SSSR count). The highest BCUT2D eigenvalue weighted by Gasteiger charge is 2.35. The van der Waals surface area contributed by atoms with Crippen LogP contribution in [0.5, 0.6) is 0 Å². The van der Waals surface area contributed by atoms with Gasteiger partial charge < -0.3 is 4.98 Å². The molecule has 0 saturated heterocycles. The molecule has 130 valence electrons. The minimum Gasteiger partial charge on any atom is -0.348 e. The molecule has 0 amide bonds. The predicted molar refractivity (Wildman–Crippen MR) is 89.2 cm³/mol. The van der Waals surface area contributed by atoms with Crippen molar-refractivity contribution in [2.24, 2.45) is 0 Å². The summed E-state index contributed by atoms with van der Waals surface area (Å²) in [5.41, 5.74) is 2.95. The minimum atomic E-state index is -0.635. The van der Waals surface area contributed by atoms with Crippen LogP contribution in [0.4, 0.5) is 8.78 Å². The molecular formula is C17H16ClF2N5. The molecule has 1 atom stereocenters. The van der Waals surface area contributed by atoms with Crippen LogP contribution in [-0.4, -0.2) is 31.6 Å². The summed E-state index contributed by atoms with van der Waals surface area (Å²) in [5.74, 6) is -1.18. The van der Waals surface area contributed by atoms with E-state index in [0.29, 0.717) is 35.9 Å². The lowest BCUT2D eigenvalue weighted by Crippen LogP contribution is -2.37. The average molecular weight is 364 g/mol. The summed E-state index contributed by atoms with van der Waals surface area (Å²) in [4.78, 5) is 9.34. The van der Waals surface area contributed by atoms with Crippen LogP contribution < -0.4 is 0 Å². The second-order valence-electron chi connectivity index (χ2n) is 6.13. The van der Waals surface area contributed by atoms with Gasteiger partial charge in [-0.3, -0.25) is 10.00 Å².